The third-order valence-electron chi connectivity index (χ3n) is 3.34. The molecular weight excluding hydrogens is 224 g/mol. The van der Waals surface area contributed by atoms with Crippen molar-refractivity contribution < 1.29 is 5.11 Å². The molecule has 0 saturated heterocycles. The van der Waals surface area contributed by atoms with E-state index in [0.29, 0.717) is 23.5 Å². The number of aromatic nitrogens is 1. The van der Waals surface area contributed by atoms with Crippen LogP contribution in [0.1, 0.15) is 19.3 Å². The molecule has 4 heteroatoms. The predicted molar refractivity (Wildman–Crippen MR) is 65.7 cm³/mol. The first-order valence-electron chi connectivity index (χ1n) is 5.76. The Labute approximate surface area is 101 Å². The Bertz CT molecular complexity index is 346. The Kier molecular flexibility index (Phi) is 4.02. The number of rotatable bonds is 4. The van der Waals surface area contributed by atoms with E-state index in [9.17, 15) is 5.11 Å². The lowest BCUT2D eigenvalue weighted by molar-refractivity contribution is 0.199. The first-order valence-corrected chi connectivity index (χ1v) is 6.14. The van der Waals surface area contributed by atoms with Gasteiger partial charge in [-0.3, -0.25) is 0 Å². The molecule has 88 valence electrons. The Morgan fingerprint density at radius 2 is 2.25 bits per heavy atom. The van der Waals surface area contributed by atoms with E-state index in [1.54, 1.807) is 6.20 Å². The Morgan fingerprint density at radius 1 is 1.44 bits per heavy atom. The first-order chi connectivity index (χ1) is 7.81. The molecular formula is C12H17ClN2O. The summed E-state index contributed by atoms with van der Waals surface area (Å²) < 4.78 is 0. The van der Waals surface area contributed by atoms with Gasteiger partial charge >= 0.3 is 0 Å². The molecule has 0 bridgehead atoms. The molecule has 1 aromatic heterocycles. The molecule has 3 nitrogen and oxygen atoms in total. The number of anilines is 1. The van der Waals surface area contributed by atoms with E-state index in [1.807, 2.05) is 12.1 Å². The van der Waals surface area contributed by atoms with E-state index >= 15 is 0 Å². The van der Waals surface area contributed by atoms with Gasteiger partial charge in [-0.25, -0.2) is 4.98 Å². The van der Waals surface area contributed by atoms with Gasteiger partial charge in [-0.2, -0.15) is 0 Å². The van der Waals surface area contributed by atoms with Crippen molar-refractivity contribution >= 4 is 17.4 Å². The lowest BCUT2D eigenvalue weighted by atomic mass is 9.97. The van der Waals surface area contributed by atoms with Gasteiger partial charge in [-0.05, 0) is 36.8 Å². The average Bonchev–Trinajstić information content (AvgIpc) is 2.75. The van der Waals surface area contributed by atoms with Crippen molar-refractivity contribution in [3.63, 3.8) is 0 Å². The van der Waals surface area contributed by atoms with E-state index in [1.165, 1.54) is 12.8 Å². The van der Waals surface area contributed by atoms with Crippen LogP contribution in [0.4, 0.5) is 5.82 Å². The molecule has 0 amide bonds. The van der Waals surface area contributed by atoms with E-state index in [2.05, 4.69) is 10.3 Å². The molecule has 2 unspecified atom stereocenters. The van der Waals surface area contributed by atoms with Crippen LogP contribution in [0.3, 0.4) is 0 Å². The molecule has 1 fully saturated rings. The second-order valence-electron chi connectivity index (χ2n) is 4.35. The number of nitrogens with zero attached hydrogens (tertiary/aromatic N) is 1. The van der Waals surface area contributed by atoms with Crippen molar-refractivity contribution in [1.29, 1.82) is 0 Å². The molecule has 2 rings (SSSR count). The SMILES string of the molecule is OCC1CCCC1CNc1ncccc1Cl. The van der Waals surface area contributed by atoms with Crippen LogP contribution in [-0.2, 0) is 0 Å². The highest BCUT2D eigenvalue weighted by molar-refractivity contribution is 6.32. The van der Waals surface area contributed by atoms with E-state index in [-0.39, 0.29) is 0 Å². The molecule has 2 atom stereocenters. The number of aliphatic hydroxyl groups is 1. The van der Waals surface area contributed by atoms with Crippen LogP contribution in [0.15, 0.2) is 18.3 Å². The second-order valence-corrected chi connectivity index (χ2v) is 4.76. The van der Waals surface area contributed by atoms with Gasteiger partial charge in [0.25, 0.3) is 0 Å². The zero-order valence-corrected chi connectivity index (χ0v) is 9.95. The summed E-state index contributed by atoms with van der Waals surface area (Å²) in [5.74, 6) is 1.73. The molecule has 1 aliphatic carbocycles. The van der Waals surface area contributed by atoms with Gasteiger partial charge in [0.2, 0.25) is 0 Å². The summed E-state index contributed by atoms with van der Waals surface area (Å²) in [5, 5.41) is 13.1. The maximum Gasteiger partial charge on any atom is 0.144 e. The van der Waals surface area contributed by atoms with Crippen LogP contribution in [0.5, 0.6) is 0 Å². The second kappa shape index (κ2) is 5.51. The molecule has 1 aromatic rings. The van der Waals surface area contributed by atoms with Crippen LogP contribution < -0.4 is 5.32 Å². The highest BCUT2D eigenvalue weighted by atomic mass is 35.5. The molecule has 0 radical (unpaired) electrons. The highest BCUT2D eigenvalue weighted by Crippen LogP contribution is 2.31. The smallest absolute Gasteiger partial charge is 0.144 e. The van der Waals surface area contributed by atoms with Crippen LogP contribution in [0, 0.1) is 11.8 Å². The fourth-order valence-corrected chi connectivity index (χ4v) is 2.55. The monoisotopic (exact) mass is 240 g/mol. The van der Waals surface area contributed by atoms with Crippen molar-refractivity contribution in [2.75, 3.05) is 18.5 Å². The minimum atomic E-state index is 0.294. The molecule has 0 aromatic carbocycles. The summed E-state index contributed by atoms with van der Waals surface area (Å²) in [6.45, 7) is 1.14. The fourth-order valence-electron chi connectivity index (χ4n) is 2.37. The number of halogens is 1. The van der Waals surface area contributed by atoms with Crippen LogP contribution in [-0.4, -0.2) is 23.2 Å². The van der Waals surface area contributed by atoms with Crippen molar-refractivity contribution in [2.24, 2.45) is 11.8 Å². The van der Waals surface area contributed by atoms with Gasteiger partial charge in [0.05, 0.1) is 5.02 Å². The summed E-state index contributed by atoms with van der Waals surface area (Å²) in [4.78, 5) is 4.18. The maximum absolute atomic E-state index is 9.22. The summed E-state index contributed by atoms with van der Waals surface area (Å²) in [7, 11) is 0. The van der Waals surface area contributed by atoms with Crippen LogP contribution >= 0.6 is 11.6 Å². The molecule has 0 aliphatic heterocycles. The van der Waals surface area contributed by atoms with Gasteiger partial charge in [0, 0.05) is 19.3 Å². The molecule has 1 heterocycles. The topological polar surface area (TPSA) is 45.1 Å². The lowest BCUT2D eigenvalue weighted by Crippen LogP contribution is -2.21. The van der Waals surface area contributed by atoms with E-state index in [0.717, 1.165) is 18.8 Å². The fraction of sp³-hybridized carbons (Fsp3) is 0.583. The Morgan fingerprint density at radius 3 is 3.00 bits per heavy atom. The van der Waals surface area contributed by atoms with E-state index < -0.39 is 0 Å². The maximum atomic E-state index is 9.22. The zero-order chi connectivity index (χ0) is 11.4. The highest BCUT2D eigenvalue weighted by Gasteiger charge is 2.26. The van der Waals surface area contributed by atoms with Gasteiger partial charge < -0.3 is 10.4 Å². The largest absolute Gasteiger partial charge is 0.396 e. The lowest BCUT2D eigenvalue weighted by Gasteiger charge is -2.18. The number of pyridine rings is 1. The van der Waals surface area contributed by atoms with Gasteiger partial charge in [0.15, 0.2) is 0 Å². The Hall–Kier alpha value is -0.800. The summed E-state index contributed by atoms with van der Waals surface area (Å²) in [6, 6.07) is 3.65. The van der Waals surface area contributed by atoms with Crippen LogP contribution in [0.25, 0.3) is 0 Å². The van der Waals surface area contributed by atoms with Crippen molar-refractivity contribution in [1.82, 2.24) is 4.98 Å². The van der Waals surface area contributed by atoms with Crippen molar-refractivity contribution in [3.05, 3.63) is 23.4 Å². The molecule has 1 saturated carbocycles. The van der Waals surface area contributed by atoms with Gasteiger partial charge in [-0.1, -0.05) is 18.0 Å². The average molecular weight is 241 g/mol. The summed E-state index contributed by atoms with van der Waals surface area (Å²) >= 11 is 6.01. The Balaban J connectivity index is 1.90. The third kappa shape index (κ3) is 2.66. The summed E-state index contributed by atoms with van der Waals surface area (Å²) in [5.41, 5.74) is 0. The molecule has 1 aliphatic rings. The standard InChI is InChI=1S/C12H17ClN2O/c13-11-5-2-6-14-12(11)15-7-9-3-1-4-10(9)8-16/h2,5-6,9-10,16H,1,3-4,7-8H2,(H,14,15). The van der Waals surface area contributed by atoms with E-state index in [4.69, 9.17) is 11.6 Å². The normalized spacial score (nSPS) is 24.6. The predicted octanol–water partition coefficient (Wildman–Crippen LogP) is 2.56. The minimum Gasteiger partial charge on any atom is -0.396 e. The number of hydrogen-bond acceptors (Lipinski definition) is 3. The minimum absolute atomic E-state index is 0.294. The molecule has 2 N–H and O–H groups in total. The summed E-state index contributed by atoms with van der Waals surface area (Å²) in [6.07, 6.45) is 5.27. The molecule has 0 spiro atoms. The number of aliphatic hydroxyl groups excluding tert-OH is 1. The van der Waals surface area contributed by atoms with Gasteiger partial charge in [0.1, 0.15) is 5.82 Å². The third-order valence-corrected chi connectivity index (χ3v) is 3.65. The van der Waals surface area contributed by atoms with Crippen LogP contribution in [0.2, 0.25) is 5.02 Å². The van der Waals surface area contributed by atoms with Crippen molar-refractivity contribution in [2.45, 2.75) is 19.3 Å². The molecule has 16 heavy (non-hydrogen) atoms. The quantitative estimate of drug-likeness (QED) is 0.850. The number of nitrogens with one attached hydrogen (secondary N) is 1. The van der Waals surface area contributed by atoms with Gasteiger partial charge in [-0.15, -0.1) is 0 Å². The first kappa shape index (κ1) is 11.7. The zero-order valence-electron chi connectivity index (χ0n) is 9.19. The van der Waals surface area contributed by atoms with Crippen molar-refractivity contribution in [3.8, 4) is 0 Å². The number of hydrogen-bond donors (Lipinski definition) is 2.